The van der Waals surface area contributed by atoms with Gasteiger partial charge in [-0.25, -0.2) is 4.98 Å². The summed E-state index contributed by atoms with van der Waals surface area (Å²) in [5.74, 6) is 0.952. The summed E-state index contributed by atoms with van der Waals surface area (Å²) in [6.07, 6.45) is 1.51. The molecule has 1 aliphatic heterocycles. The molecule has 2 aromatic heterocycles. The quantitative estimate of drug-likeness (QED) is 0.933. The number of hydrogen-bond acceptors (Lipinski definition) is 6. The predicted octanol–water partition coefficient (Wildman–Crippen LogP) is 2.40. The second-order valence-corrected chi connectivity index (χ2v) is 5.75. The minimum atomic E-state index is 0.0689. The monoisotopic (exact) mass is 327 g/mol. The summed E-state index contributed by atoms with van der Waals surface area (Å²) in [5, 5.41) is 8.17. The van der Waals surface area contributed by atoms with Crippen molar-refractivity contribution < 1.29 is 4.52 Å². The van der Waals surface area contributed by atoms with Gasteiger partial charge >= 0.3 is 0 Å². The van der Waals surface area contributed by atoms with Gasteiger partial charge in [-0.3, -0.25) is 4.90 Å². The van der Waals surface area contributed by atoms with Crippen LogP contribution in [0.1, 0.15) is 18.9 Å². The summed E-state index contributed by atoms with van der Waals surface area (Å²) in [6, 6.07) is 1.68. The maximum absolute atomic E-state index is 6.11. The Morgan fingerprint density at radius 3 is 2.81 bits per heavy atom. The summed E-state index contributed by atoms with van der Waals surface area (Å²) < 4.78 is 5.36. The summed E-state index contributed by atoms with van der Waals surface area (Å²) in [4.78, 5) is 10.9. The van der Waals surface area contributed by atoms with Crippen LogP contribution in [-0.4, -0.2) is 46.2 Å². The Balaban J connectivity index is 1.82. The lowest BCUT2D eigenvalue weighted by Crippen LogP contribution is -2.44. The SMILES string of the molecule is CC(c1nc(-c2ncc(Cl)cc2Cl)no1)N1CCNCC1. The van der Waals surface area contributed by atoms with Crippen LogP contribution in [-0.2, 0) is 0 Å². The van der Waals surface area contributed by atoms with Gasteiger partial charge in [-0.1, -0.05) is 28.4 Å². The van der Waals surface area contributed by atoms with E-state index in [-0.39, 0.29) is 6.04 Å². The first-order valence-corrected chi connectivity index (χ1v) is 7.50. The number of aromatic nitrogens is 3. The van der Waals surface area contributed by atoms with Crippen LogP contribution < -0.4 is 5.32 Å². The van der Waals surface area contributed by atoms with Gasteiger partial charge in [0.25, 0.3) is 0 Å². The third kappa shape index (κ3) is 3.18. The van der Waals surface area contributed by atoms with Crippen molar-refractivity contribution in [1.29, 1.82) is 0 Å². The van der Waals surface area contributed by atoms with E-state index in [4.69, 9.17) is 27.7 Å². The standard InChI is InChI=1S/C13H15Cl2N5O/c1-8(20-4-2-16-3-5-20)13-18-12(19-21-13)11-10(15)6-9(14)7-17-11/h6-8,16H,2-5H2,1H3. The molecule has 0 amide bonds. The van der Waals surface area contributed by atoms with Crippen molar-refractivity contribution in [3.05, 3.63) is 28.2 Å². The molecule has 0 spiro atoms. The van der Waals surface area contributed by atoms with E-state index in [1.807, 2.05) is 0 Å². The molecule has 1 unspecified atom stereocenters. The fraction of sp³-hybridized carbons (Fsp3) is 0.462. The fourth-order valence-electron chi connectivity index (χ4n) is 2.31. The van der Waals surface area contributed by atoms with Crippen LogP contribution in [0.5, 0.6) is 0 Å². The van der Waals surface area contributed by atoms with Crippen molar-refractivity contribution in [3.8, 4) is 11.5 Å². The molecule has 0 bridgehead atoms. The molecule has 1 saturated heterocycles. The second-order valence-electron chi connectivity index (χ2n) is 4.90. The highest BCUT2D eigenvalue weighted by Crippen LogP contribution is 2.27. The third-order valence-corrected chi connectivity index (χ3v) is 4.01. The Morgan fingerprint density at radius 1 is 1.33 bits per heavy atom. The van der Waals surface area contributed by atoms with Crippen LogP contribution in [0.15, 0.2) is 16.8 Å². The zero-order valence-corrected chi connectivity index (χ0v) is 13.0. The highest BCUT2D eigenvalue weighted by Gasteiger charge is 2.24. The summed E-state index contributed by atoms with van der Waals surface area (Å²) in [7, 11) is 0. The van der Waals surface area contributed by atoms with Gasteiger partial charge in [-0.05, 0) is 13.0 Å². The van der Waals surface area contributed by atoms with E-state index in [0.717, 1.165) is 26.2 Å². The molecule has 0 radical (unpaired) electrons. The first-order valence-electron chi connectivity index (χ1n) is 6.75. The normalized spacial score (nSPS) is 17.9. The number of rotatable bonds is 3. The highest BCUT2D eigenvalue weighted by atomic mass is 35.5. The minimum absolute atomic E-state index is 0.0689. The Morgan fingerprint density at radius 2 is 2.10 bits per heavy atom. The maximum Gasteiger partial charge on any atom is 0.244 e. The molecule has 8 heteroatoms. The Hall–Kier alpha value is -1.21. The van der Waals surface area contributed by atoms with E-state index in [2.05, 4.69) is 32.3 Å². The number of piperazine rings is 1. The van der Waals surface area contributed by atoms with E-state index in [1.54, 1.807) is 6.07 Å². The average Bonchev–Trinajstić information content (AvgIpc) is 2.97. The van der Waals surface area contributed by atoms with E-state index < -0.39 is 0 Å². The third-order valence-electron chi connectivity index (χ3n) is 3.52. The molecule has 0 saturated carbocycles. The lowest BCUT2D eigenvalue weighted by Gasteiger charge is -2.30. The number of nitrogens with zero attached hydrogens (tertiary/aromatic N) is 4. The van der Waals surface area contributed by atoms with Gasteiger partial charge in [0.15, 0.2) is 0 Å². The van der Waals surface area contributed by atoms with Crippen molar-refractivity contribution in [2.45, 2.75) is 13.0 Å². The molecule has 21 heavy (non-hydrogen) atoms. The Bertz CT molecular complexity index is 627. The molecule has 0 aromatic carbocycles. The van der Waals surface area contributed by atoms with Crippen LogP contribution in [0, 0.1) is 0 Å². The van der Waals surface area contributed by atoms with Crippen LogP contribution >= 0.6 is 23.2 Å². The molecule has 3 rings (SSSR count). The topological polar surface area (TPSA) is 67.1 Å². The molecule has 1 aliphatic rings. The predicted molar refractivity (Wildman–Crippen MR) is 80.4 cm³/mol. The Kier molecular flexibility index (Phi) is 4.40. The number of pyridine rings is 1. The molecular formula is C13H15Cl2N5O. The van der Waals surface area contributed by atoms with Gasteiger partial charge in [0.1, 0.15) is 5.69 Å². The number of halogens is 2. The molecule has 6 nitrogen and oxygen atoms in total. The van der Waals surface area contributed by atoms with Crippen LogP contribution in [0.3, 0.4) is 0 Å². The van der Waals surface area contributed by atoms with E-state index >= 15 is 0 Å². The molecular weight excluding hydrogens is 313 g/mol. The lowest BCUT2D eigenvalue weighted by molar-refractivity contribution is 0.154. The van der Waals surface area contributed by atoms with Crippen LogP contribution in [0.2, 0.25) is 10.0 Å². The molecule has 1 N–H and O–H groups in total. The molecule has 1 atom stereocenters. The fourth-order valence-corrected chi connectivity index (χ4v) is 2.77. The second kappa shape index (κ2) is 6.27. The largest absolute Gasteiger partial charge is 0.337 e. The van der Waals surface area contributed by atoms with Gasteiger partial charge in [0.05, 0.1) is 16.1 Å². The number of nitrogens with one attached hydrogen (secondary N) is 1. The smallest absolute Gasteiger partial charge is 0.244 e. The van der Waals surface area contributed by atoms with Crippen LogP contribution in [0.25, 0.3) is 11.5 Å². The molecule has 1 fully saturated rings. The van der Waals surface area contributed by atoms with Crippen molar-refractivity contribution >= 4 is 23.2 Å². The van der Waals surface area contributed by atoms with Crippen molar-refractivity contribution in [2.75, 3.05) is 26.2 Å². The zero-order valence-electron chi connectivity index (χ0n) is 11.5. The van der Waals surface area contributed by atoms with E-state index in [9.17, 15) is 0 Å². The van der Waals surface area contributed by atoms with Gasteiger partial charge in [0.2, 0.25) is 11.7 Å². The van der Waals surface area contributed by atoms with E-state index in [0.29, 0.717) is 27.5 Å². The molecule has 2 aromatic rings. The average molecular weight is 328 g/mol. The number of hydrogen-bond donors (Lipinski definition) is 1. The summed E-state index contributed by atoms with van der Waals surface area (Å²) >= 11 is 12.0. The minimum Gasteiger partial charge on any atom is -0.337 e. The van der Waals surface area contributed by atoms with Gasteiger partial charge in [0, 0.05) is 32.4 Å². The van der Waals surface area contributed by atoms with Gasteiger partial charge in [-0.2, -0.15) is 4.98 Å². The van der Waals surface area contributed by atoms with E-state index in [1.165, 1.54) is 6.20 Å². The lowest BCUT2D eigenvalue weighted by atomic mass is 10.2. The van der Waals surface area contributed by atoms with Crippen molar-refractivity contribution in [3.63, 3.8) is 0 Å². The first kappa shape index (κ1) is 14.7. The Labute approximate surface area is 132 Å². The van der Waals surface area contributed by atoms with Gasteiger partial charge in [-0.15, -0.1) is 0 Å². The molecule has 112 valence electrons. The maximum atomic E-state index is 6.11. The van der Waals surface area contributed by atoms with Crippen molar-refractivity contribution in [1.82, 2.24) is 25.3 Å². The first-order chi connectivity index (χ1) is 10.1. The zero-order chi connectivity index (χ0) is 14.8. The summed E-state index contributed by atoms with van der Waals surface area (Å²) in [6.45, 7) is 5.91. The van der Waals surface area contributed by atoms with Crippen molar-refractivity contribution in [2.24, 2.45) is 0 Å². The molecule has 3 heterocycles. The molecule has 0 aliphatic carbocycles. The summed E-state index contributed by atoms with van der Waals surface area (Å²) in [5.41, 5.74) is 0.476. The van der Waals surface area contributed by atoms with Gasteiger partial charge < -0.3 is 9.84 Å². The highest BCUT2D eigenvalue weighted by molar-refractivity contribution is 6.35. The van der Waals surface area contributed by atoms with Crippen LogP contribution in [0.4, 0.5) is 0 Å².